The Kier molecular flexibility index (Phi) is 9.96. The van der Waals surface area contributed by atoms with Gasteiger partial charge in [-0.1, -0.05) is 48.1 Å². The first-order chi connectivity index (χ1) is 13.5. The maximum Gasteiger partial charge on any atom is 0.413 e. The summed E-state index contributed by atoms with van der Waals surface area (Å²) < 4.78 is 31.5. The van der Waals surface area contributed by atoms with E-state index in [1.807, 2.05) is 26.2 Å². The van der Waals surface area contributed by atoms with E-state index in [-0.39, 0.29) is 44.9 Å². The van der Waals surface area contributed by atoms with Crippen molar-refractivity contribution in [2.45, 2.75) is 92.2 Å². The largest absolute Gasteiger partial charge is 0.459 e. The number of rotatable bonds is 8. The number of esters is 1. The molecule has 0 saturated carbocycles. The van der Waals surface area contributed by atoms with Crippen LogP contribution in [0.3, 0.4) is 0 Å². The molecule has 0 bridgehead atoms. The van der Waals surface area contributed by atoms with Crippen molar-refractivity contribution < 1.29 is 26.0 Å². The predicted octanol–water partition coefficient (Wildman–Crippen LogP) is 5.08. The summed E-state index contributed by atoms with van der Waals surface area (Å²) in [5.74, 6) is 0.329. The predicted molar refractivity (Wildman–Crippen MR) is 127 cm³/mol. The zero-order chi connectivity index (χ0) is 23.5. The molecule has 0 spiro atoms. The third kappa shape index (κ3) is 7.22. The molecular formula is C20H41O6Si4. The van der Waals surface area contributed by atoms with Crippen LogP contribution in [0.25, 0.3) is 0 Å². The molecule has 1 heterocycles. The highest BCUT2D eigenvalue weighted by Crippen LogP contribution is 2.53. The fourth-order valence-corrected chi connectivity index (χ4v) is 13.8. The molecule has 0 amide bonds. The van der Waals surface area contributed by atoms with Gasteiger partial charge in [-0.3, -0.25) is 0 Å². The molecule has 1 unspecified atom stereocenters. The van der Waals surface area contributed by atoms with Gasteiger partial charge in [-0.25, -0.2) is 4.79 Å². The fourth-order valence-electron chi connectivity index (χ4n) is 3.60. The molecule has 1 rings (SSSR count). The summed E-state index contributed by atoms with van der Waals surface area (Å²) in [6.07, 6.45) is 0.414. The molecule has 1 atom stereocenters. The summed E-state index contributed by atoms with van der Waals surface area (Å²) >= 11 is 0. The Bertz CT molecular complexity index is 580. The molecule has 1 aliphatic heterocycles. The number of carbonyl (C=O) groups is 1. The lowest BCUT2D eigenvalue weighted by atomic mass is 9.78. The number of hydrogen-bond donors (Lipinski definition) is 0. The Morgan fingerprint density at radius 3 is 1.77 bits per heavy atom. The number of hydrogen-bond acceptors (Lipinski definition) is 6. The van der Waals surface area contributed by atoms with E-state index in [1.54, 1.807) is 6.92 Å². The summed E-state index contributed by atoms with van der Waals surface area (Å²) in [5.41, 5.74) is 0.414. The van der Waals surface area contributed by atoms with E-state index in [4.69, 9.17) is 21.2 Å². The lowest BCUT2D eigenvalue weighted by molar-refractivity contribution is -0.148. The lowest BCUT2D eigenvalue weighted by Gasteiger charge is -2.50. The van der Waals surface area contributed by atoms with Gasteiger partial charge in [-0.15, -0.1) is 0 Å². The topological polar surface area (TPSA) is 63.2 Å². The summed E-state index contributed by atoms with van der Waals surface area (Å²) in [5, 5.41) is -0.295. The van der Waals surface area contributed by atoms with Gasteiger partial charge in [-0.2, -0.15) is 0 Å². The molecule has 0 aromatic heterocycles. The first kappa shape index (κ1) is 28.0. The van der Waals surface area contributed by atoms with Crippen LogP contribution in [-0.2, 0) is 26.0 Å². The molecule has 6 nitrogen and oxygen atoms in total. The zero-order valence-electron chi connectivity index (χ0n) is 20.7. The molecule has 1 aliphatic rings. The highest BCUT2D eigenvalue weighted by atomic mass is 28.5. The van der Waals surface area contributed by atoms with Crippen LogP contribution in [0, 0.1) is 17.8 Å². The second-order valence-corrected chi connectivity index (χ2v) is 20.6. The van der Waals surface area contributed by atoms with Crippen LogP contribution in [0.5, 0.6) is 0 Å². The van der Waals surface area contributed by atoms with E-state index in [9.17, 15) is 4.79 Å². The van der Waals surface area contributed by atoms with E-state index in [0.29, 0.717) is 12.0 Å². The van der Waals surface area contributed by atoms with Gasteiger partial charge in [0.2, 0.25) is 0 Å². The Hall–Kier alpha value is -0.0825. The molecule has 0 N–H and O–H groups in total. The van der Waals surface area contributed by atoms with Crippen LogP contribution in [0.1, 0.15) is 54.9 Å². The Labute approximate surface area is 190 Å². The summed E-state index contributed by atoms with van der Waals surface area (Å²) in [6.45, 7) is 26.6. The van der Waals surface area contributed by atoms with Gasteiger partial charge in [0.15, 0.2) is 0 Å². The minimum absolute atomic E-state index is 0.0484. The normalized spacial score (nSPS) is 21.4. The molecule has 0 aliphatic carbocycles. The van der Waals surface area contributed by atoms with Crippen molar-refractivity contribution >= 4 is 42.4 Å². The first-order valence-electron chi connectivity index (χ1n) is 10.8. The van der Waals surface area contributed by atoms with Gasteiger partial charge in [0.1, 0.15) is 6.10 Å². The van der Waals surface area contributed by atoms with Crippen LogP contribution >= 0.6 is 0 Å². The zero-order valence-corrected chi connectivity index (χ0v) is 24.7. The summed E-state index contributed by atoms with van der Waals surface area (Å²) in [4.78, 5) is 12.4. The van der Waals surface area contributed by atoms with E-state index in [2.05, 4.69) is 48.1 Å². The first-order valence-corrected chi connectivity index (χ1v) is 18.5. The van der Waals surface area contributed by atoms with Crippen molar-refractivity contribution in [2.75, 3.05) is 0 Å². The monoisotopic (exact) mass is 489 g/mol. The second-order valence-electron chi connectivity index (χ2n) is 10.1. The van der Waals surface area contributed by atoms with E-state index in [1.165, 1.54) is 0 Å². The van der Waals surface area contributed by atoms with Gasteiger partial charge in [0.25, 0.3) is 0 Å². The average Bonchev–Trinajstić information content (AvgIpc) is 2.54. The Morgan fingerprint density at radius 1 is 1.00 bits per heavy atom. The molecule has 1 fully saturated rings. The second kappa shape index (κ2) is 10.7. The van der Waals surface area contributed by atoms with Gasteiger partial charge in [0.05, 0.1) is 0 Å². The van der Waals surface area contributed by atoms with Gasteiger partial charge in [-0.05, 0) is 57.3 Å². The quantitative estimate of drug-likeness (QED) is 0.269. The third-order valence-corrected chi connectivity index (χ3v) is 17.7. The SMILES string of the molecule is C=C(C)C(=O)OC(CC(C(C)C)(C(C)C)[Si]1O[Si](C)(C)O[Si]O[Si](C)(C)O1)C(C)C. The van der Waals surface area contributed by atoms with E-state index >= 15 is 0 Å². The van der Waals surface area contributed by atoms with Gasteiger partial charge < -0.3 is 21.2 Å². The summed E-state index contributed by atoms with van der Waals surface area (Å²) in [7, 11) is -6.72. The van der Waals surface area contributed by atoms with Crippen LogP contribution in [-0.4, -0.2) is 48.5 Å². The minimum Gasteiger partial charge on any atom is -0.459 e. The van der Waals surface area contributed by atoms with Crippen molar-refractivity contribution in [1.82, 2.24) is 0 Å². The fraction of sp³-hybridized carbons (Fsp3) is 0.850. The highest BCUT2D eigenvalue weighted by molar-refractivity contribution is 6.83. The Balaban J connectivity index is 3.46. The number of ether oxygens (including phenoxy) is 1. The molecular weight excluding hydrogens is 449 g/mol. The lowest BCUT2D eigenvalue weighted by Crippen LogP contribution is -2.60. The minimum atomic E-state index is -2.42. The van der Waals surface area contributed by atoms with Crippen molar-refractivity contribution in [3.8, 4) is 0 Å². The highest BCUT2D eigenvalue weighted by Gasteiger charge is 2.56. The summed E-state index contributed by atoms with van der Waals surface area (Å²) in [6, 6.07) is 0. The molecule has 173 valence electrons. The van der Waals surface area contributed by atoms with Crippen molar-refractivity contribution in [1.29, 1.82) is 0 Å². The maximum atomic E-state index is 12.4. The van der Waals surface area contributed by atoms with Gasteiger partial charge >= 0.3 is 42.4 Å². The molecule has 0 aromatic rings. The van der Waals surface area contributed by atoms with Crippen LogP contribution in [0.15, 0.2) is 12.2 Å². The average molecular weight is 490 g/mol. The maximum absolute atomic E-state index is 12.4. The molecule has 3 radical (unpaired) electrons. The van der Waals surface area contributed by atoms with Crippen molar-refractivity contribution in [3.63, 3.8) is 0 Å². The van der Waals surface area contributed by atoms with Crippen LogP contribution < -0.4 is 0 Å². The smallest absolute Gasteiger partial charge is 0.413 e. The van der Waals surface area contributed by atoms with Gasteiger partial charge in [0, 0.05) is 10.6 Å². The number of carbonyl (C=O) groups excluding carboxylic acids is 1. The molecule has 30 heavy (non-hydrogen) atoms. The standard InChI is InChI=1S/C20H41O6Si4/c1-14(2)18(22-19(21)15(3)4)13-20(16(5)6,17(7)8)28-25-29(9,10)23-27-24-30(11,12)26-28/h14,16-18H,3,13H2,1-2,4-12H3. The molecule has 0 aromatic carbocycles. The Morgan fingerprint density at radius 2 is 1.43 bits per heavy atom. The van der Waals surface area contributed by atoms with Crippen molar-refractivity contribution in [3.05, 3.63) is 12.2 Å². The molecule has 10 heteroatoms. The molecule has 1 saturated heterocycles. The van der Waals surface area contributed by atoms with E-state index < -0.39 is 26.4 Å². The van der Waals surface area contributed by atoms with Crippen molar-refractivity contribution in [2.24, 2.45) is 17.8 Å². The van der Waals surface area contributed by atoms with E-state index in [0.717, 1.165) is 0 Å². The van der Waals surface area contributed by atoms with Crippen LogP contribution in [0.2, 0.25) is 31.2 Å². The third-order valence-electron chi connectivity index (χ3n) is 5.58. The van der Waals surface area contributed by atoms with Crippen LogP contribution in [0.4, 0.5) is 0 Å².